The van der Waals surface area contributed by atoms with E-state index in [2.05, 4.69) is 0 Å². The van der Waals surface area contributed by atoms with Crippen LogP contribution in [0.25, 0.3) is 0 Å². The second-order valence-electron chi connectivity index (χ2n) is 4.26. The van der Waals surface area contributed by atoms with Gasteiger partial charge in [-0.15, -0.1) is 0 Å². The van der Waals surface area contributed by atoms with Gasteiger partial charge in [-0.25, -0.2) is 0 Å². The van der Waals surface area contributed by atoms with Crippen molar-refractivity contribution in [3.63, 3.8) is 0 Å². The Morgan fingerprint density at radius 3 is 2.50 bits per heavy atom. The molecule has 0 unspecified atom stereocenters. The molecule has 0 saturated heterocycles. The first-order valence-corrected chi connectivity index (χ1v) is 5.44. The molecule has 1 aliphatic carbocycles. The Labute approximate surface area is 102 Å². The van der Waals surface area contributed by atoms with Gasteiger partial charge in [-0.05, 0) is 25.0 Å². The van der Waals surface area contributed by atoms with Gasteiger partial charge in [-0.1, -0.05) is 6.07 Å². The monoisotopic (exact) mass is 256 g/mol. The maximum absolute atomic E-state index is 12.7. The summed E-state index contributed by atoms with van der Waals surface area (Å²) in [5, 5.41) is 8.86. The van der Waals surface area contributed by atoms with Gasteiger partial charge in [0.25, 0.3) is 0 Å². The van der Waals surface area contributed by atoms with Crippen molar-refractivity contribution in [2.45, 2.75) is 31.2 Å². The summed E-state index contributed by atoms with van der Waals surface area (Å²) >= 11 is 0. The van der Waals surface area contributed by atoms with Gasteiger partial charge in [0.2, 0.25) is 0 Å². The predicted molar refractivity (Wildman–Crippen MR) is 57.8 cm³/mol. The Hall–Kier alpha value is -1.74. The Morgan fingerprint density at radius 2 is 2.00 bits per heavy atom. The molecule has 6 heteroatoms. The second kappa shape index (κ2) is 4.50. The molecule has 0 aliphatic heterocycles. The SMILES string of the molecule is N#Cc1c(OC2CC(N)C2)cccc1C(F)(F)F. The minimum atomic E-state index is -4.56. The molecule has 0 radical (unpaired) electrons. The van der Waals surface area contributed by atoms with Crippen LogP contribution in [0.15, 0.2) is 18.2 Å². The Bertz CT molecular complexity index is 487. The number of nitriles is 1. The molecule has 2 N–H and O–H groups in total. The average Bonchev–Trinajstić information content (AvgIpc) is 2.25. The van der Waals surface area contributed by atoms with E-state index in [-0.39, 0.29) is 17.9 Å². The summed E-state index contributed by atoms with van der Waals surface area (Å²) in [6.45, 7) is 0. The molecule has 1 aliphatic rings. The first kappa shape index (κ1) is 12.7. The lowest BCUT2D eigenvalue weighted by atomic mass is 9.90. The summed E-state index contributed by atoms with van der Waals surface area (Å²) in [4.78, 5) is 0. The van der Waals surface area contributed by atoms with Crippen molar-refractivity contribution in [3.05, 3.63) is 29.3 Å². The molecule has 3 nitrogen and oxygen atoms in total. The van der Waals surface area contributed by atoms with Crippen LogP contribution in [-0.2, 0) is 6.18 Å². The summed E-state index contributed by atoms with van der Waals surface area (Å²) < 4.78 is 43.4. The fourth-order valence-electron chi connectivity index (χ4n) is 1.86. The van der Waals surface area contributed by atoms with Crippen LogP contribution in [0.3, 0.4) is 0 Å². The van der Waals surface area contributed by atoms with E-state index < -0.39 is 17.3 Å². The average molecular weight is 256 g/mol. The molecule has 0 heterocycles. The Balaban J connectivity index is 2.28. The van der Waals surface area contributed by atoms with Gasteiger partial charge in [0, 0.05) is 6.04 Å². The van der Waals surface area contributed by atoms with Gasteiger partial charge in [-0.2, -0.15) is 18.4 Å². The van der Waals surface area contributed by atoms with E-state index in [0.717, 1.165) is 6.07 Å². The van der Waals surface area contributed by atoms with Crippen molar-refractivity contribution in [1.82, 2.24) is 0 Å². The van der Waals surface area contributed by atoms with Crippen LogP contribution in [0.2, 0.25) is 0 Å². The number of hydrogen-bond donors (Lipinski definition) is 1. The first-order chi connectivity index (χ1) is 8.41. The van der Waals surface area contributed by atoms with Gasteiger partial charge < -0.3 is 10.5 Å². The molecule has 1 aromatic rings. The normalized spacial score (nSPS) is 23.1. The second-order valence-corrected chi connectivity index (χ2v) is 4.26. The van der Waals surface area contributed by atoms with Crippen molar-refractivity contribution in [3.8, 4) is 11.8 Å². The third kappa shape index (κ3) is 2.41. The molecule has 1 fully saturated rings. The summed E-state index contributed by atoms with van der Waals surface area (Å²) in [7, 11) is 0. The van der Waals surface area contributed by atoms with Gasteiger partial charge >= 0.3 is 6.18 Å². The number of rotatable bonds is 2. The summed E-state index contributed by atoms with van der Waals surface area (Å²) in [6, 6.07) is 5.07. The van der Waals surface area contributed by atoms with Crippen molar-refractivity contribution < 1.29 is 17.9 Å². The van der Waals surface area contributed by atoms with Crippen molar-refractivity contribution in [1.29, 1.82) is 5.26 Å². The lowest BCUT2D eigenvalue weighted by molar-refractivity contribution is -0.138. The molecule has 0 spiro atoms. The molecule has 0 atom stereocenters. The highest BCUT2D eigenvalue weighted by atomic mass is 19.4. The Kier molecular flexibility index (Phi) is 3.18. The molecule has 96 valence electrons. The maximum Gasteiger partial charge on any atom is 0.417 e. The smallest absolute Gasteiger partial charge is 0.417 e. The third-order valence-electron chi connectivity index (χ3n) is 2.87. The minimum Gasteiger partial charge on any atom is -0.489 e. The molecule has 18 heavy (non-hydrogen) atoms. The Morgan fingerprint density at radius 1 is 1.33 bits per heavy atom. The van der Waals surface area contributed by atoms with Gasteiger partial charge in [0.05, 0.1) is 5.56 Å². The molecular formula is C12H11F3N2O. The lowest BCUT2D eigenvalue weighted by Crippen LogP contribution is -2.43. The largest absolute Gasteiger partial charge is 0.489 e. The zero-order chi connectivity index (χ0) is 13.3. The van der Waals surface area contributed by atoms with Crippen molar-refractivity contribution in [2.75, 3.05) is 0 Å². The highest BCUT2D eigenvalue weighted by Gasteiger charge is 2.36. The van der Waals surface area contributed by atoms with Crippen LogP contribution in [-0.4, -0.2) is 12.1 Å². The van der Waals surface area contributed by atoms with Crippen LogP contribution in [0.4, 0.5) is 13.2 Å². The number of halogens is 3. The molecule has 0 aromatic heterocycles. The number of alkyl halides is 3. The standard InChI is InChI=1S/C12H11F3N2O/c13-12(14,15)10-2-1-3-11(9(10)6-16)18-8-4-7(17)5-8/h1-3,7-8H,4-5,17H2. The number of nitrogens with two attached hydrogens (primary N) is 1. The quantitative estimate of drug-likeness (QED) is 0.884. The highest BCUT2D eigenvalue weighted by Crippen LogP contribution is 2.36. The fourth-order valence-corrected chi connectivity index (χ4v) is 1.86. The number of benzene rings is 1. The molecule has 1 saturated carbocycles. The van der Waals surface area contributed by atoms with Gasteiger partial charge in [0.15, 0.2) is 0 Å². The topological polar surface area (TPSA) is 59.0 Å². The third-order valence-corrected chi connectivity index (χ3v) is 2.87. The van der Waals surface area contributed by atoms with E-state index in [1.54, 1.807) is 6.07 Å². The van der Waals surface area contributed by atoms with Crippen LogP contribution >= 0.6 is 0 Å². The summed E-state index contributed by atoms with van der Waals surface area (Å²) in [5.41, 5.74) is 4.13. The van der Waals surface area contributed by atoms with E-state index in [4.69, 9.17) is 15.7 Å². The lowest BCUT2D eigenvalue weighted by Gasteiger charge is -2.33. The van der Waals surface area contributed by atoms with Gasteiger partial charge in [0.1, 0.15) is 23.5 Å². The van der Waals surface area contributed by atoms with E-state index in [9.17, 15) is 13.2 Å². The highest BCUT2D eigenvalue weighted by molar-refractivity contribution is 5.50. The van der Waals surface area contributed by atoms with Crippen LogP contribution in [0.5, 0.6) is 5.75 Å². The number of hydrogen-bond acceptors (Lipinski definition) is 3. The van der Waals surface area contributed by atoms with Gasteiger partial charge in [-0.3, -0.25) is 0 Å². The summed E-state index contributed by atoms with van der Waals surface area (Å²) in [6.07, 6.45) is -3.56. The molecule has 2 rings (SSSR count). The molecule has 0 amide bonds. The van der Waals surface area contributed by atoms with E-state index in [1.165, 1.54) is 12.1 Å². The summed E-state index contributed by atoms with van der Waals surface area (Å²) in [5.74, 6) is -0.0239. The zero-order valence-corrected chi connectivity index (χ0v) is 9.37. The van der Waals surface area contributed by atoms with Crippen molar-refractivity contribution in [2.24, 2.45) is 5.73 Å². The molecular weight excluding hydrogens is 245 g/mol. The number of ether oxygens (including phenoxy) is 1. The van der Waals surface area contributed by atoms with E-state index in [1.807, 2.05) is 0 Å². The van der Waals surface area contributed by atoms with E-state index >= 15 is 0 Å². The first-order valence-electron chi connectivity index (χ1n) is 5.44. The van der Waals surface area contributed by atoms with Crippen molar-refractivity contribution >= 4 is 0 Å². The molecule has 1 aromatic carbocycles. The predicted octanol–water partition coefficient (Wildman–Crippen LogP) is 2.45. The van der Waals surface area contributed by atoms with Crippen LogP contribution < -0.4 is 10.5 Å². The van der Waals surface area contributed by atoms with Crippen LogP contribution in [0.1, 0.15) is 24.0 Å². The van der Waals surface area contributed by atoms with E-state index in [0.29, 0.717) is 12.8 Å². The fraction of sp³-hybridized carbons (Fsp3) is 0.417. The van der Waals surface area contributed by atoms with Crippen LogP contribution in [0, 0.1) is 11.3 Å². The maximum atomic E-state index is 12.7. The zero-order valence-electron chi connectivity index (χ0n) is 9.37. The number of nitrogens with zero attached hydrogens (tertiary/aromatic N) is 1. The molecule has 0 bridgehead atoms. The minimum absolute atomic E-state index is 0.0239.